The molecule has 2 saturated heterocycles. The highest BCUT2D eigenvalue weighted by Crippen LogP contribution is 2.30. The van der Waals surface area contributed by atoms with Crippen LogP contribution in [0.5, 0.6) is 0 Å². The van der Waals surface area contributed by atoms with E-state index in [1.807, 2.05) is 29.1 Å². The molecule has 10 heteroatoms. The number of hydrogen-bond acceptors (Lipinski definition) is 7. The van der Waals surface area contributed by atoms with E-state index in [2.05, 4.69) is 15.7 Å². The van der Waals surface area contributed by atoms with Gasteiger partial charge in [-0.2, -0.15) is 5.10 Å². The summed E-state index contributed by atoms with van der Waals surface area (Å²) in [5.74, 6) is -0.869. The third-order valence-corrected chi connectivity index (χ3v) is 6.16. The minimum atomic E-state index is -0.616. The summed E-state index contributed by atoms with van der Waals surface area (Å²) >= 11 is 0. The predicted molar refractivity (Wildman–Crippen MR) is 110 cm³/mol. The number of ether oxygens (including phenoxy) is 1. The van der Waals surface area contributed by atoms with Crippen molar-refractivity contribution in [2.45, 2.75) is 44.1 Å². The van der Waals surface area contributed by atoms with E-state index in [-0.39, 0.29) is 30.3 Å². The summed E-state index contributed by atoms with van der Waals surface area (Å²) in [6.07, 6.45) is 4.21. The average Bonchev–Trinajstić information content (AvgIpc) is 3.46. The highest BCUT2D eigenvalue weighted by atomic mass is 16.5. The van der Waals surface area contributed by atoms with Gasteiger partial charge in [0, 0.05) is 31.3 Å². The summed E-state index contributed by atoms with van der Waals surface area (Å²) in [6.45, 7) is 1.87. The van der Waals surface area contributed by atoms with Crippen LogP contribution in [0.25, 0.3) is 0 Å². The van der Waals surface area contributed by atoms with Crippen molar-refractivity contribution in [3.63, 3.8) is 0 Å². The van der Waals surface area contributed by atoms with E-state index in [0.717, 1.165) is 16.8 Å². The number of carbonyl (C=O) groups excluding carboxylic acids is 3. The van der Waals surface area contributed by atoms with Gasteiger partial charge < -0.3 is 20.7 Å². The Morgan fingerprint density at radius 1 is 1.26 bits per heavy atom. The number of hydrogen-bond donors (Lipinski definition) is 3. The standard InChI is InChI=1S/C21H24N6O4/c22-15-10-31-11-17(15)27-9-14(7-24-27)23-6-12-2-1-3-13-8-26(21(30)19(12)13)16-4-5-18(28)25-20(16)29/h1-3,7,9,15-17,23H,4-6,8,10-11,22H2,(H,25,28,29)/t15-,16?,17+/m1/s1. The van der Waals surface area contributed by atoms with Crippen LogP contribution in [0.4, 0.5) is 5.69 Å². The molecule has 2 aromatic rings. The van der Waals surface area contributed by atoms with Crippen LogP contribution in [0, 0.1) is 0 Å². The number of carbonyl (C=O) groups is 3. The molecular formula is C21H24N6O4. The topological polar surface area (TPSA) is 132 Å². The van der Waals surface area contributed by atoms with Gasteiger partial charge in [0.15, 0.2) is 0 Å². The monoisotopic (exact) mass is 424 g/mol. The second-order valence-electron chi connectivity index (χ2n) is 8.18. The Bertz CT molecular complexity index is 1050. The zero-order valence-corrected chi connectivity index (χ0v) is 16.9. The molecule has 0 spiro atoms. The van der Waals surface area contributed by atoms with E-state index in [4.69, 9.17) is 10.5 Å². The minimum Gasteiger partial charge on any atom is -0.378 e. The Morgan fingerprint density at radius 3 is 2.90 bits per heavy atom. The van der Waals surface area contributed by atoms with Gasteiger partial charge in [0.25, 0.3) is 5.91 Å². The lowest BCUT2D eigenvalue weighted by atomic mass is 10.0. The third kappa shape index (κ3) is 3.57. The summed E-state index contributed by atoms with van der Waals surface area (Å²) < 4.78 is 7.21. The molecule has 4 N–H and O–H groups in total. The highest BCUT2D eigenvalue weighted by molar-refractivity contribution is 6.06. The van der Waals surface area contributed by atoms with Crippen LogP contribution in [-0.2, 0) is 27.4 Å². The highest BCUT2D eigenvalue weighted by Gasteiger charge is 2.39. The van der Waals surface area contributed by atoms with Crippen molar-refractivity contribution >= 4 is 23.4 Å². The Balaban J connectivity index is 1.30. The maximum absolute atomic E-state index is 13.2. The van der Waals surface area contributed by atoms with Crippen LogP contribution in [0.3, 0.4) is 0 Å². The number of nitrogens with zero attached hydrogens (tertiary/aromatic N) is 3. The molecule has 3 aliphatic heterocycles. The SMILES string of the molecule is N[C@@H]1COC[C@@H]1n1cc(NCc2cccc3c2C(=O)N(C2CCC(=O)NC2=O)C3)cn1. The molecule has 3 atom stereocenters. The second kappa shape index (κ2) is 7.78. The largest absolute Gasteiger partial charge is 0.378 e. The Kier molecular flexibility index (Phi) is 4.95. The molecule has 0 radical (unpaired) electrons. The molecule has 0 saturated carbocycles. The number of rotatable bonds is 5. The van der Waals surface area contributed by atoms with Gasteiger partial charge in [-0.25, -0.2) is 0 Å². The normalized spacial score (nSPS) is 25.6. The molecule has 0 aliphatic carbocycles. The molecular weight excluding hydrogens is 400 g/mol. The summed E-state index contributed by atoms with van der Waals surface area (Å²) in [5.41, 5.74) is 9.25. The average molecular weight is 424 g/mol. The van der Waals surface area contributed by atoms with Crippen molar-refractivity contribution in [2.75, 3.05) is 18.5 Å². The zero-order valence-electron chi connectivity index (χ0n) is 16.9. The van der Waals surface area contributed by atoms with E-state index in [9.17, 15) is 14.4 Å². The maximum Gasteiger partial charge on any atom is 0.255 e. The number of aromatic nitrogens is 2. The first-order chi connectivity index (χ1) is 15.0. The quantitative estimate of drug-likeness (QED) is 0.583. The van der Waals surface area contributed by atoms with Gasteiger partial charge in [0.05, 0.1) is 37.2 Å². The Morgan fingerprint density at radius 2 is 2.13 bits per heavy atom. The number of nitrogens with two attached hydrogens (primary N) is 1. The van der Waals surface area contributed by atoms with Crippen molar-refractivity contribution < 1.29 is 19.1 Å². The number of imide groups is 1. The molecule has 4 heterocycles. The van der Waals surface area contributed by atoms with Gasteiger partial charge in [0.2, 0.25) is 11.8 Å². The number of anilines is 1. The fraction of sp³-hybridized carbons (Fsp3) is 0.429. The van der Waals surface area contributed by atoms with Gasteiger partial charge in [-0.3, -0.25) is 24.4 Å². The molecule has 5 rings (SSSR count). The molecule has 1 unspecified atom stereocenters. The first-order valence-electron chi connectivity index (χ1n) is 10.4. The Labute approximate surface area is 178 Å². The summed E-state index contributed by atoms with van der Waals surface area (Å²) in [6, 6.07) is 5.04. The van der Waals surface area contributed by atoms with E-state index < -0.39 is 11.9 Å². The van der Waals surface area contributed by atoms with Crippen LogP contribution in [0.15, 0.2) is 30.6 Å². The van der Waals surface area contributed by atoms with Crippen LogP contribution in [-0.4, -0.2) is 57.7 Å². The van der Waals surface area contributed by atoms with Crippen molar-refractivity contribution in [3.05, 3.63) is 47.3 Å². The number of benzene rings is 1. The second-order valence-corrected chi connectivity index (χ2v) is 8.18. The van der Waals surface area contributed by atoms with Crippen LogP contribution in [0.2, 0.25) is 0 Å². The molecule has 31 heavy (non-hydrogen) atoms. The smallest absolute Gasteiger partial charge is 0.255 e. The minimum absolute atomic E-state index is 0.0141. The van der Waals surface area contributed by atoms with Gasteiger partial charge in [-0.05, 0) is 17.5 Å². The van der Waals surface area contributed by atoms with Gasteiger partial charge in [-0.1, -0.05) is 18.2 Å². The van der Waals surface area contributed by atoms with Crippen molar-refractivity contribution in [1.82, 2.24) is 20.0 Å². The van der Waals surface area contributed by atoms with Crippen LogP contribution in [0.1, 0.15) is 40.4 Å². The number of nitrogens with one attached hydrogen (secondary N) is 2. The lowest BCUT2D eigenvalue weighted by Crippen LogP contribution is -2.52. The lowest BCUT2D eigenvalue weighted by Gasteiger charge is -2.29. The summed E-state index contributed by atoms with van der Waals surface area (Å²) in [5, 5.41) is 10.0. The maximum atomic E-state index is 13.2. The van der Waals surface area contributed by atoms with Crippen molar-refractivity contribution in [1.29, 1.82) is 0 Å². The number of amides is 3. The van der Waals surface area contributed by atoms with Crippen molar-refractivity contribution in [3.8, 4) is 0 Å². The first kappa shape index (κ1) is 19.7. The number of piperidine rings is 1. The van der Waals surface area contributed by atoms with E-state index >= 15 is 0 Å². The van der Waals surface area contributed by atoms with Crippen LogP contribution >= 0.6 is 0 Å². The third-order valence-electron chi connectivity index (χ3n) is 6.16. The van der Waals surface area contributed by atoms with E-state index in [0.29, 0.717) is 38.3 Å². The molecule has 3 amide bonds. The molecule has 1 aromatic carbocycles. The van der Waals surface area contributed by atoms with E-state index in [1.54, 1.807) is 11.1 Å². The van der Waals surface area contributed by atoms with Gasteiger partial charge in [0.1, 0.15) is 6.04 Å². The molecule has 0 bridgehead atoms. The molecule has 3 aliphatic rings. The molecule has 1 aromatic heterocycles. The lowest BCUT2D eigenvalue weighted by molar-refractivity contribution is -0.136. The molecule has 10 nitrogen and oxygen atoms in total. The fourth-order valence-electron chi connectivity index (χ4n) is 4.48. The fourth-order valence-corrected chi connectivity index (χ4v) is 4.48. The predicted octanol–water partition coefficient (Wildman–Crippen LogP) is 0.155. The first-order valence-corrected chi connectivity index (χ1v) is 10.4. The van der Waals surface area contributed by atoms with Gasteiger partial charge >= 0.3 is 0 Å². The van der Waals surface area contributed by atoms with Crippen LogP contribution < -0.4 is 16.4 Å². The summed E-state index contributed by atoms with van der Waals surface area (Å²) in [4.78, 5) is 38.4. The van der Waals surface area contributed by atoms with E-state index in [1.165, 1.54) is 0 Å². The zero-order chi connectivity index (χ0) is 21.5. The molecule has 2 fully saturated rings. The Hall–Kier alpha value is -3.24. The molecule has 162 valence electrons. The number of fused-ring (bicyclic) bond motifs is 1. The van der Waals surface area contributed by atoms with Gasteiger partial charge in [-0.15, -0.1) is 0 Å². The summed E-state index contributed by atoms with van der Waals surface area (Å²) in [7, 11) is 0. The van der Waals surface area contributed by atoms with Crippen molar-refractivity contribution in [2.24, 2.45) is 5.73 Å².